The molecule has 23 heavy (non-hydrogen) atoms. The van der Waals surface area contributed by atoms with Crippen LogP contribution in [-0.4, -0.2) is 28.6 Å². The van der Waals surface area contributed by atoms with Crippen molar-refractivity contribution in [2.24, 2.45) is 0 Å². The smallest absolute Gasteiger partial charge is 0.158 e. The SMILES string of the molecule is Cc1ccc(NCCCOc2ccc(CO)cc2)c2nonc12. The Hall–Kier alpha value is -2.60. The van der Waals surface area contributed by atoms with E-state index >= 15 is 0 Å². The van der Waals surface area contributed by atoms with Gasteiger partial charge in [0.25, 0.3) is 0 Å². The number of aromatic nitrogens is 2. The van der Waals surface area contributed by atoms with Crippen molar-refractivity contribution < 1.29 is 14.5 Å². The highest BCUT2D eigenvalue weighted by atomic mass is 16.6. The second-order valence-corrected chi connectivity index (χ2v) is 5.32. The fourth-order valence-electron chi connectivity index (χ4n) is 2.31. The topological polar surface area (TPSA) is 80.4 Å². The Morgan fingerprint density at radius 3 is 2.65 bits per heavy atom. The molecule has 2 aromatic carbocycles. The van der Waals surface area contributed by atoms with E-state index in [0.717, 1.165) is 46.6 Å². The van der Waals surface area contributed by atoms with Crippen LogP contribution in [0.2, 0.25) is 0 Å². The first-order chi connectivity index (χ1) is 11.3. The van der Waals surface area contributed by atoms with Crippen LogP contribution in [0.15, 0.2) is 41.0 Å². The van der Waals surface area contributed by atoms with Crippen molar-refractivity contribution >= 4 is 16.7 Å². The Kier molecular flexibility index (Phi) is 4.73. The Labute approximate surface area is 134 Å². The molecule has 0 fully saturated rings. The van der Waals surface area contributed by atoms with Crippen molar-refractivity contribution in [1.82, 2.24) is 10.3 Å². The lowest BCUT2D eigenvalue weighted by Crippen LogP contribution is -2.07. The van der Waals surface area contributed by atoms with Crippen LogP contribution in [0.1, 0.15) is 17.5 Å². The third-order valence-electron chi connectivity index (χ3n) is 3.63. The lowest BCUT2D eigenvalue weighted by atomic mass is 10.2. The summed E-state index contributed by atoms with van der Waals surface area (Å²) >= 11 is 0. The molecule has 0 aliphatic heterocycles. The maximum atomic E-state index is 8.99. The largest absolute Gasteiger partial charge is 0.494 e. The van der Waals surface area contributed by atoms with Crippen LogP contribution in [0.4, 0.5) is 5.69 Å². The number of benzene rings is 2. The zero-order valence-electron chi connectivity index (χ0n) is 13.0. The number of nitrogens with zero attached hydrogens (tertiary/aromatic N) is 2. The number of hydrogen-bond acceptors (Lipinski definition) is 6. The van der Waals surface area contributed by atoms with E-state index in [2.05, 4.69) is 15.6 Å². The van der Waals surface area contributed by atoms with Gasteiger partial charge in [-0.25, -0.2) is 4.63 Å². The normalized spacial score (nSPS) is 10.9. The third kappa shape index (κ3) is 3.60. The number of aliphatic hydroxyl groups is 1. The van der Waals surface area contributed by atoms with Gasteiger partial charge in [-0.15, -0.1) is 0 Å². The Bertz CT molecular complexity index is 768. The first-order valence-corrected chi connectivity index (χ1v) is 7.56. The Balaban J connectivity index is 1.47. The monoisotopic (exact) mass is 313 g/mol. The molecule has 0 saturated carbocycles. The number of hydrogen-bond donors (Lipinski definition) is 2. The summed E-state index contributed by atoms with van der Waals surface area (Å²) < 4.78 is 10.5. The highest BCUT2D eigenvalue weighted by Gasteiger charge is 2.08. The fraction of sp³-hybridized carbons (Fsp3) is 0.294. The molecule has 3 rings (SSSR count). The Morgan fingerprint density at radius 1 is 1.09 bits per heavy atom. The summed E-state index contributed by atoms with van der Waals surface area (Å²) in [5.41, 5.74) is 4.38. The van der Waals surface area contributed by atoms with Gasteiger partial charge in [-0.2, -0.15) is 0 Å². The molecule has 2 N–H and O–H groups in total. The number of nitrogens with one attached hydrogen (secondary N) is 1. The quantitative estimate of drug-likeness (QED) is 0.653. The van der Waals surface area contributed by atoms with Crippen molar-refractivity contribution in [3.8, 4) is 5.75 Å². The molecule has 0 spiro atoms. The van der Waals surface area contributed by atoms with E-state index in [0.29, 0.717) is 6.61 Å². The maximum Gasteiger partial charge on any atom is 0.158 e. The third-order valence-corrected chi connectivity index (χ3v) is 3.63. The van der Waals surface area contributed by atoms with E-state index in [4.69, 9.17) is 14.5 Å². The van der Waals surface area contributed by atoms with Gasteiger partial charge in [-0.3, -0.25) is 0 Å². The van der Waals surface area contributed by atoms with Gasteiger partial charge in [0.2, 0.25) is 0 Å². The molecule has 0 saturated heterocycles. The number of aliphatic hydroxyl groups excluding tert-OH is 1. The Morgan fingerprint density at radius 2 is 1.87 bits per heavy atom. The van der Waals surface area contributed by atoms with E-state index in [-0.39, 0.29) is 6.61 Å². The molecule has 6 nitrogen and oxygen atoms in total. The van der Waals surface area contributed by atoms with E-state index in [9.17, 15) is 0 Å². The van der Waals surface area contributed by atoms with E-state index in [1.54, 1.807) is 0 Å². The van der Waals surface area contributed by atoms with Gasteiger partial charge in [-0.1, -0.05) is 18.2 Å². The first kappa shape index (κ1) is 15.3. The van der Waals surface area contributed by atoms with Crippen molar-refractivity contribution in [2.45, 2.75) is 20.0 Å². The average molecular weight is 313 g/mol. The molecule has 0 amide bonds. The summed E-state index contributed by atoms with van der Waals surface area (Å²) in [7, 11) is 0. The second-order valence-electron chi connectivity index (χ2n) is 5.32. The van der Waals surface area contributed by atoms with Crippen LogP contribution in [-0.2, 0) is 6.61 Å². The van der Waals surface area contributed by atoms with Gasteiger partial charge in [0.1, 0.15) is 11.3 Å². The van der Waals surface area contributed by atoms with Crippen molar-refractivity contribution in [1.29, 1.82) is 0 Å². The predicted octanol–water partition coefficient (Wildman–Crippen LogP) is 2.90. The summed E-state index contributed by atoms with van der Waals surface area (Å²) in [6, 6.07) is 11.4. The van der Waals surface area contributed by atoms with Crippen LogP contribution in [0, 0.1) is 6.92 Å². The summed E-state index contributed by atoms with van der Waals surface area (Å²) in [5, 5.41) is 20.2. The lowest BCUT2D eigenvalue weighted by Gasteiger charge is -2.09. The second kappa shape index (κ2) is 7.11. The average Bonchev–Trinajstić information content (AvgIpc) is 3.08. The van der Waals surface area contributed by atoms with E-state index in [1.807, 2.05) is 43.3 Å². The van der Waals surface area contributed by atoms with Crippen LogP contribution < -0.4 is 10.1 Å². The van der Waals surface area contributed by atoms with E-state index < -0.39 is 0 Å². The highest BCUT2D eigenvalue weighted by molar-refractivity contribution is 5.89. The number of fused-ring (bicyclic) bond motifs is 1. The zero-order chi connectivity index (χ0) is 16.1. The highest BCUT2D eigenvalue weighted by Crippen LogP contribution is 2.23. The number of ether oxygens (including phenoxy) is 1. The molecule has 120 valence electrons. The van der Waals surface area contributed by atoms with Crippen LogP contribution in [0.3, 0.4) is 0 Å². The number of anilines is 1. The van der Waals surface area contributed by atoms with Gasteiger partial charge in [0, 0.05) is 6.54 Å². The van der Waals surface area contributed by atoms with Crippen LogP contribution in [0.5, 0.6) is 5.75 Å². The van der Waals surface area contributed by atoms with Gasteiger partial charge >= 0.3 is 0 Å². The number of rotatable bonds is 7. The lowest BCUT2D eigenvalue weighted by molar-refractivity contribution is 0.281. The molecule has 0 aliphatic rings. The molecular weight excluding hydrogens is 294 g/mol. The molecule has 6 heteroatoms. The minimum Gasteiger partial charge on any atom is -0.494 e. The van der Waals surface area contributed by atoms with Gasteiger partial charge in [0.15, 0.2) is 5.52 Å². The summed E-state index contributed by atoms with van der Waals surface area (Å²) in [4.78, 5) is 0. The first-order valence-electron chi connectivity index (χ1n) is 7.56. The molecule has 1 heterocycles. The molecule has 0 radical (unpaired) electrons. The molecule has 3 aromatic rings. The molecule has 0 bridgehead atoms. The van der Waals surface area contributed by atoms with Crippen molar-refractivity contribution in [2.75, 3.05) is 18.5 Å². The summed E-state index contributed by atoms with van der Waals surface area (Å²) in [6.45, 7) is 3.40. The van der Waals surface area contributed by atoms with Gasteiger partial charge in [-0.05, 0) is 53.0 Å². The minimum absolute atomic E-state index is 0.0477. The molecular formula is C17H19N3O3. The van der Waals surface area contributed by atoms with Crippen LogP contribution >= 0.6 is 0 Å². The molecule has 0 aliphatic carbocycles. The fourth-order valence-corrected chi connectivity index (χ4v) is 2.31. The zero-order valence-corrected chi connectivity index (χ0v) is 13.0. The molecule has 1 aromatic heterocycles. The van der Waals surface area contributed by atoms with Gasteiger partial charge in [0.05, 0.1) is 18.9 Å². The van der Waals surface area contributed by atoms with Crippen molar-refractivity contribution in [3.05, 3.63) is 47.5 Å². The van der Waals surface area contributed by atoms with Crippen LogP contribution in [0.25, 0.3) is 11.0 Å². The number of aryl methyl sites for hydroxylation is 1. The van der Waals surface area contributed by atoms with Crippen molar-refractivity contribution in [3.63, 3.8) is 0 Å². The maximum absolute atomic E-state index is 8.99. The minimum atomic E-state index is 0.0477. The summed E-state index contributed by atoms with van der Waals surface area (Å²) in [6.07, 6.45) is 0.850. The van der Waals surface area contributed by atoms with Gasteiger partial charge < -0.3 is 15.2 Å². The standard InChI is InChI=1S/C17H19N3O3/c1-12-3-8-15(17-16(12)19-23-20-17)18-9-2-10-22-14-6-4-13(11-21)5-7-14/h3-8,18,21H,2,9-11H2,1H3. The summed E-state index contributed by atoms with van der Waals surface area (Å²) in [5.74, 6) is 0.806. The molecule has 0 atom stereocenters. The molecule has 0 unspecified atom stereocenters. The predicted molar refractivity (Wildman–Crippen MR) is 87.5 cm³/mol. The van der Waals surface area contributed by atoms with E-state index in [1.165, 1.54) is 0 Å².